The molecule has 7 heteroatoms. The molecule has 5 nitrogen and oxygen atoms in total. The third-order valence-corrected chi connectivity index (χ3v) is 4.57. The van der Waals surface area contributed by atoms with Gasteiger partial charge in [-0.1, -0.05) is 59.4 Å². The molecule has 0 radical (unpaired) electrons. The summed E-state index contributed by atoms with van der Waals surface area (Å²) in [6.07, 6.45) is 1.50. The topological polar surface area (TPSA) is 56.7 Å². The molecule has 124 valence electrons. The van der Waals surface area contributed by atoms with Crippen molar-refractivity contribution in [2.75, 3.05) is 0 Å². The van der Waals surface area contributed by atoms with E-state index in [0.717, 1.165) is 11.3 Å². The minimum atomic E-state index is -0.322. The van der Waals surface area contributed by atoms with Gasteiger partial charge >= 0.3 is 0 Å². The predicted octanol–water partition coefficient (Wildman–Crippen LogP) is 4.35. The Hall–Kier alpha value is -2.93. The minimum Gasteiger partial charge on any atom is -0.356 e. The van der Waals surface area contributed by atoms with Gasteiger partial charge in [0.25, 0.3) is 0 Å². The third kappa shape index (κ3) is 3.32. The number of benzene rings is 2. The van der Waals surface area contributed by atoms with Crippen molar-refractivity contribution < 1.29 is 8.91 Å². The summed E-state index contributed by atoms with van der Waals surface area (Å²) >= 11 is 1.42. The molecule has 0 aliphatic heterocycles. The molecule has 0 bridgehead atoms. The van der Waals surface area contributed by atoms with Gasteiger partial charge in [0.2, 0.25) is 0 Å². The summed E-state index contributed by atoms with van der Waals surface area (Å²) in [5, 5.41) is 12.6. The summed E-state index contributed by atoms with van der Waals surface area (Å²) in [6, 6.07) is 18.2. The maximum Gasteiger partial charge on any atom is 0.196 e. The Morgan fingerprint density at radius 3 is 2.68 bits per heavy atom. The van der Waals surface area contributed by atoms with E-state index >= 15 is 0 Å². The van der Waals surface area contributed by atoms with Crippen molar-refractivity contribution in [3.63, 3.8) is 0 Å². The van der Waals surface area contributed by atoms with E-state index in [1.807, 2.05) is 36.4 Å². The zero-order valence-corrected chi connectivity index (χ0v) is 13.9. The molecule has 0 saturated carbocycles. The van der Waals surface area contributed by atoms with Crippen LogP contribution in [0.15, 0.2) is 76.7 Å². The van der Waals surface area contributed by atoms with Crippen LogP contribution in [0.1, 0.15) is 5.69 Å². The van der Waals surface area contributed by atoms with Gasteiger partial charge in [0.1, 0.15) is 12.1 Å². The number of aromatic nitrogens is 4. The molecule has 0 unspecified atom stereocenters. The van der Waals surface area contributed by atoms with Crippen LogP contribution >= 0.6 is 11.8 Å². The lowest BCUT2D eigenvalue weighted by Crippen LogP contribution is -1.98. The maximum absolute atomic E-state index is 14.0. The number of halogens is 1. The van der Waals surface area contributed by atoms with E-state index < -0.39 is 0 Å². The molecule has 0 N–H and O–H groups in total. The van der Waals surface area contributed by atoms with Gasteiger partial charge in [0.05, 0.1) is 11.4 Å². The van der Waals surface area contributed by atoms with E-state index in [0.29, 0.717) is 22.4 Å². The molecule has 4 aromatic rings. The van der Waals surface area contributed by atoms with Gasteiger partial charge in [-0.2, -0.15) is 0 Å². The zero-order valence-electron chi connectivity index (χ0n) is 13.0. The highest BCUT2D eigenvalue weighted by atomic mass is 32.2. The molecular formula is C18H13FN4OS. The fourth-order valence-corrected chi connectivity index (χ4v) is 3.19. The first kappa shape index (κ1) is 15.6. The second kappa shape index (κ2) is 6.90. The van der Waals surface area contributed by atoms with Crippen LogP contribution < -0.4 is 0 Å². The van der Waals surface area contributed by atoms with Crippen molar-refractivity contribution in [1.29, 1.82) is 0 Å². The van der Waals surface area contributed by atoms with Gasteiger partial charge in [0, 0.05) is 17.4 Å². The van der Waals surface area contributed by atoms with E-state index in [1.165, 1.54) is 24.2 Å². The van der Waals surface area contributed by atoms with Crippen molar-refractivity contribution in [3.05, 3.63) is 78.5 Å². The van der Waals surface area contributed by atoms with Crippen LogP contribution in [0.2, 0.25) is 0 Å². The highest BCUT2D eigenvalue weighted by molar-refractivity contribution is 7.98. The van der Waals surface area contributed by atoms with Gasteiger partial charge in [-0.15, -0.1) is 10.2 Å². The quantitative estimate of drug-likeness (QED) is 0.500. The Balaban J connectivity index is 1.51. The first-order chi connectivity index (χ1) is 12.3. The molecule has 0 aliphatic rings. The van der Waals surface area contributed by atoms with Crippen molar-refractivity contribution in [3.8, 4) is 17.0 Å². The number of hydrogen-bond acceptors (Lipinski definition) is 5. The lowest BCUT2D eigenvalue weighted by molar-refractivity contribution is 0.426. The van der Waals surface area contributed by atoms with E-state index in [4.69, 9.17) is 4.52 Å². The highest BCUT2D eigenvalue weighted by Crippen LogP contribution is 2.26. The largest absolute Gasteiger partial charge is 0.356 e. The van der Waals surface area contributed by atoms with Gasteiger partial charge in [-0.05, 0) is 12.1 Å². The molecule has 2 heterocycles. The van der Waals surface area contributed by atoms with Crippen LogP contribution in [0.4, 0.5) is 4.39 Å². The molecule has 0 saturated heterocycles. The Labute approximate surface area is 147 Å². The van der Waals surface area contributed by atoms with E-state index in [2.05, 4.69) is 15.4 Å². The molecular weight excluding hydrogens is 339 g/mol. The summed E-state index contributed by atoms with van der Waals surface area (Å²) in [6.45, 7) is 0. The Morgan fingerprint density at radius 2 is 1.84 bits per heavy atom. The predicted molar refractivity (Wildman–Crippen MR) is 92.8 cm³/mol. The van der Waals surface area contributed by atoms with Gasteiger partial charge in [-0.25, -0.2) is 4.39 Å². The van der Waals surface area contributed by atoms with Gasteiger partial charge in [0.15, 0.2) is 10.9 Å². The Bertz CT molecular complexity index is 983. The number of nitrogens with zero attached hydrogens (tertiary/aromatic N) is 4. The fourth-order valence-electron chi connectivity index (χ4n) is 2.39. The number of hydrogen-bond donors (Lipinski definition) is 0. The molecule has 0 amide bonds. The molecule has 0 aliphatic carbocycles. The molecule has 0 fully saturated rings. The van der Waals surface area contributed by atoms with E-state index in [-0.39, 0.29) is 5.82 Å². The summed E-state index contributed by atoms with van der Waals surface area (Å²) in [7, 11) is 0. The second-order valence-corrected chi connectivity index (χ2v) is 6.21. The molecule has 2 aromatic carbocycles. The van der Waals surface area contributed by atoms with Crippen LogP contribution in [0.3, 0.4) is 0 Å². The Kier molecular flexibility index (Phi) is 4.30. The standard InChI is InChI=1S/C18H13FN4OS/c19-15-8-4-5-9-16(15)23-12-20-21-18(23)25-11-14-10-17(24-22-14)13-6-2-1-3-7-13/h1-10,12H,11H2. The van der Waals surface area contributed by atoms with Crippen molar-refractivity contribution in [1.82, 2.24) is 19.9 Å². The summed E-state index contributed by atoms with van der Waals surface area (Å²) in [4.78, 5) is 0. The molecule has 2 aromatic heterocycles. The van der Waals surface area contributed by atoms with E-state index in [1.54, 1.807) is 22.8 Å². The van der Waals surface area contributed by atoms with Crippen LogP contribution in [-0.2, 0) is 5.75 Å². The first-order valence-electron chi connectivity index (χ1n) is 7.60. The van der Waals surface area contributed by atoms with Crippen LogP contribution in [-0.4, -0.2) is 19.9 Å². The lowest BCUT2D eigenvalue weighted by Gasteiger charge is -2.06. The second-order valence-electron chi connectivity index (χ2n) is 5.27. The van der Waals surface area contributed by atoms with Crippen LogP contribution in [0.25, 0.3) is 17.0 Å². The number of para-hydroxylation sites is 1. The van der Waals surface area contributed by atoms with Crippen LogP contribution in [0, 0.1) is 5.82 Å². The molecule has 0 atom stereocenters. The van der Waals surface area contributed by atoms with Crippen LogP contribution in [0.5, 0.6) is 0 Å². The molecule has 4 rings (SSSR count). The fraction of sp³-hybridized carbons (Fsp3) is 0.0556. The number of rotatable bonds is 5. The van der Waals surface area contributed by atoms with Crippen molar-refractivity contribution >= 4 is 11.8 Å². The SMILES string of the molecule is Fc1ccccc1-n1cnnc1SCc1cc(-c2ccccc2)on1. The highest BCUT2D eigenvalue weighted by Gasteiger charge is 2.13. The maximum atomic E-state index is 14.0. The zero-order chi connectivity index (χ0) is 17.1. The third-order valence-electron chi connectivity index (χ3n) is 3.59. The summed E-state index contributed by atoms with van der Waals surface area (Å²) < 4.78 is 21.0. The summed E-state index contributed by atoms with van der Waals surface area (Å²) in [5.74, 6) is 0.937. The number of thioether (sulfide) groups is 1. The van der Waals surface area contributed by atoms with Crippen molar-refractivity contribution in [2.24, 2.45) is 0 Å². The minimum absolute atomic E-state index is 0.322. The average molecular weight is 352 g/mol. The summed E-state index contributed by atoms with van der Waals surface area (Å²) in [5.41, 5.74) is 2.17. The first-order valence-corrected chi connectivity index (χ1v) is 8.58. The van der Waals surface area contributed by atoms with Crippen molar-refractivity contribution in [2.45, 2.75) is 10.9 Å². The average Bonchev–Trinajstić information content (AvgIpc) is 3.30. The Morgan fingerprint density at radius 1 is 1.04 bits per heavy atom. The monoisotopic (exact) mass is 352 g/mol. The molecule has 0 spiro atoms. The van der Waals surface area contributed by atoms with Gasteiger partial charge < -0.3 is 4.52 Å². The van der Waals surface area contributed by atoms with E-state index in [9.17, 15) is 4.39 Å². The smallest absolute Gasteiger partial charge is 0.196 e. The lowest BCUT2D eigenvalue weighted by atomic mass is 10.2. The van der Waals surface area contributed by atoms with Gasteiger partial charge in [-0.3, -0.25) is 4.57 Å². The normalized spacial score (nSPS) is 10.9. The molecule has 25 heavy (non-hydrogen) atoms.